The van der Waals surface area contributed by atoms with Gasteiger partial charge in [-0.15, -0.1) is 0 Å². The zero-order valence-corrected chi connectivity index (χ0v) is 14.1. The molecule has 1 heterocycles. The molecule has 0 aromatic heterocycles. The third kappa shape index (κ3) is 4.10. The second-order valence-corrected chi connectivity index (χ2v) is 6.21. The fourth-order valence-electron chi connectivity index (χ4n) is 3.52. The van der Waals surface area contributed by atoms with Gasteiger partial charge in [-0.05, 0) is 26.7 Å². The summed E-state index contributed by atoms with van der Waals surface area (Å²) in [6, 6.07) is 9.65. The number of hydrogen-bond acceptors (Lipinski definition) is 2. The molecule has 1 aromatic rings. The number of likely N-dealkylation sites (N-methyl/N-ethyl adjacent to an activating group) is 1. The molecule has 0 bridgehead atoms. The lowest BCUT2D eigenvalue weighted by molar-refractivity contribution is -0.929. The summed E-state index contributed by atoms with van der Waals surface area (Å²) >= 11 is 0. The number of carbonyl (C=O) groups excluding carboxylic acids is 2. The number of nitrogens with zero attached hydrogens (tertiary/aromatic N) is 1. The van der Waals surface area contributed by atoms with Gasteiger partial charge in [0.25, 0.3) is 5.91 Å². The number of hydrogen-bond donors (Lipinski definition) is 2. The number of amides is 2. The Labute approximate surface area is 138 Å². The van der Waals surface area contributed by atoms with Gasteiger partial charge in [0.05, 0.1) is 19.0 Å². The molecule has 3 atom stereocenters. The number of likely N-dealkylation sites (tertiary alicyclic amines) is 1. The summed E-state index contributed by atoms with van der Waals surface area (Å²) in [5, 5.41) is 0. The van der Waals surface area contributed by atoms with Crippen LogP contribution in [0.15, 0.2) is 30.3 Å². The molecule has 126 valence electrons. The normalized spacial score (nSPS) is 22.3. The van der Waals surface area contributed by atoms with Crippen LogP contribution in [0.25, 0.3) is 0 Å². The highest BCUT2D eigenvalue weighted by molar-refractivity contribution is 5.82. The van der Waals surface area contributed by atoms with Crippen molar-refractivity contribution >= 4 is 11.8 Å². The number of primary amides is 1. The summed E-state index contributed by atoms with van der Waals surface area (Å²) in [6.45, 7) is 6.94. The van der Waals surface area contributed by atoms with E-state index in [2.05, 4.69) is 0 Å². The second-order valence-electron chi connectivity index (χ2n) is 6.21. The number of nitrogens with one attached hydrogen (secondary N) is 1. The first kappa shape index (κ1) is 17.5. The van der Waals surface area contributed by atoms with E-state index in [0.29, 0.717) is 19.6 Å². The molecule has 5 nitrogen and oxygen atoms in total. The fraction of sp³-hybridized carbons (Fsp3) is 0.556. The molecular formula is C18H28N3O2+. The summed E-state index contributed by atoms with van der Waals surface area (Å²) in [5.74, 6) is -0.236. The van der Waals surface area contributed by atoms with E-state index in [-0.39, 0.29) is 23.8 Å². The van der Waals surface area contributed by atoms with E-state index in [4.69, 9.17) is 5.73 Å². The zero-order valence-electron chi connectivity index (χ0n) is 14.1. The maximum Gasteiger partial charge on any atom is 0.285 e. The van der Waals surface area contributed by atoms with Gasteiger partial charge in [-0.1, -0.05) is 30.3 Å². The minimum Gasteiger partial charge on any atom is -0.369 e. The van der Waals surface area contributed by atoms with Crippen molar-refractivity contribution in [3.63, 3.8) is 0 Å². The first-order valence-electron chi connectivity index (χ1n) is 8.56. The van der Waals surface area contributed by atoms with Crippen molar-refractivity contribution in [3.8, 4) is 0 Å². The number of carbonyl (C=O) groups is 2. The van der Waals surface area contributed by atoms with Crippen LogP contribution < -0.4 is 10.6 Å². The van der Waals surface area contributed by atoms with Gasteiger partial charge < -0.3 is 15.5 Å². The van der Waals surface area contributed by atoms with E-state index in [1.807, 2.05) is 49.1 Å². The van der Waals surface area contributed by atoms with Crippen LogP contribution in [0.3, 0.4) is 0 Å². The minimum atomic E-state index is -0.252. The lowest BCUT2D eigenvalue weighted by atomic mass is 9.93. The lowest BCUT2D eigenvalue weighted by Gasteiger charge is -2.35. The smallest absolute Gasteiger partial charge is 0.285 e. The zero-order chi connectivity index (χ0) is 16.8. The first-order chi connectivity index (χ1) is 11.1. The van der Waals surface area contributed by atoms with E-state index in [1.54, 1.807) is 0 Å². The summed E-state index contributed by atoms with van der Waals surface area (Å²) in [7, 11) is 0. The fourth-order valence-corrected chi connectivity index (χ4v) is 3.52. The maximum absolute atomic E-state index is 13.1. The highest BCUT2D eigenvalue weighted by atomic mass is 16.2. The number of piperidine rings is 1. The van der Waals surface area contributed by atoms with Gasteiger partial charge in [0.1, 0.15) is 0 Å². The summed E-state index contributed by atoms with van der Waals surface area (Å²) in [4.78, 5) is 27.7. The Morgan fingerprint density at radius 2 is 1.91 bits per heavy atom. The Balaban J connectivity index is 2.30. The Hall–Kier alpha value is -1.88. The third-order valence-electron chi connectivity index (χ3n) is 4.82. The van der Waals surface area contributed by atoms with Gasteiger partial charge in [-0.25, -0.2) is 0 Å². The van der Waals surface area contributed by atoms with Crippen LogP contribution in [-0.4, -0.2) is 42.9 Å². The maximum atomic E-state index is 13.1. The van der Waals surface area contributed by atoms with E-state index in [9.17, 15) is 9.59 Å². The van der Waals surface area contributed by atoms with Crippen molar-refractivity contribution in [1.82, 2.24) is 4.90 Å². The predicted molar refractivity (Wildman–Crippen MR) is 89.7 cm³/mol. The number of nitrogens with two attached hydrogens (primary N) is 1. The van der Waals surface area contributed by atoms with Crippen LogP contribution in [0.4, 0.5) is 0 Å². The van der Waals surface area contributed by atoms with Crippen molar-refractivity contribution in [2.45, 2.75) is 32.7 Å². The molecule has 1 fully saturated rings. The highest BCUT2D eigenvalue weighted by Gasteiger charge is 2.38. The van der Waals surface area contributed by atoms with Crippen LogP contribution >= 0.6 is 0 Å². The summed E-state index contributed by atoms with van der Waals surface area (Å²) < 4.78 is 0. The molecule has 1 saturated heterocycles. The molecule has 1 aromatic carbocycles. The average molecular weight is 318 g/mol. The van der Waals surface area contributed by atoms with Crippen molar-refractivity contribution in [2.75, 3.05) is 26.2 Å². The Bertz CT molecular complexity index is 528. The third-order valence-corrected chi connectivity index (χ3v) is 4.82. The van der Waals surface area contributed by atoms with Crippen molar-refractivity contribution in [3.05, 3.63) is 35.9 Å². The lowest BCUT2D eigenvalue weighted by Crippen LogP contribution is -3.15. The van der Waals surface area contributed by atoms with Crippen molar-refractivity contribution in [1.29, 1.82) is 0 Å². The monoisotopic (exact) mass is 318 g/mol. The molecule has 0 aliphatic carbocycles. The van der Waals surface area contributed by atoms with Crippen LogP contribution in [0.2, 0.25) is 0 Å². The van der Waals surface area contributed by atoms with Crippen LogP contribution in [0.1, 0.15) is 38.3 Å². The molecule has 2 amide bonds. The molecule has 1 unspecified atom stereocenters. The molecule has 0 radical (unpaired) electrons. The van der Waals surface area contributed by atoms with Gasteiger partial charge in [0.15, 0.2) is 6.04 Å². The molecule has 0 spiro atoms. The molecule has 5 heteroatoms. The standard InChI is InChI=1S/C18H27N3O2/c1-3-20(4-2)18(23)16(14-9-6-5-7-10-14)21-12-8-11-15(13-21)17(19)22/h5-7,9-10,15-16H,3-4,8,11-13H2,1-2H3,(H2,19,22)/p+1/t15-,16+/m0/s1. The van der Waals surface area contributed by atoms with Gasteiger partial charge in [0, 0.05) is 18.7 Å². The van der Waals surface area contributed by atoms with E-state index >= 15 is 0 Å². The molecule has 23 heavy (non-hydrogen) atoms. The quantitative estimate of drug-likeness (QED) is 0.796. The average Bonchev–Trinajstić information content (AvgIpc) is 2.57. The van der Waals surface area contributed by atoms with Gasteiger partial charge in [0.2, 0.25) is 5.91 Å². The number of quaternary nitrogens is 1. The van der Waals surface area contributed by atoms with Crippen LogP contribution in [0, 0.1) is 5.92 Å². The molecule has 3 N–H and O–H groups in total. The number of rotatable bonds is 6. The summed E-state index contributed by atoms with van der Waals surface area (Å²) in [5.41, 5.74) is 6.53. The molecular weight excluding hydrogens is 290 g/mol. The Morgan fingerprint density at radius 3 is 2.48 bits per heavy atom. The Morgan fingerprint density at radius 1 is 1.26 bits per heavy atom. The van der Waals surface area contributed by atoms with Crippen molar-refractivity contribution in [2.24, 2.45) is 11.7 Å². The SMILES string of the molecule is CCN(CC)C(=O)[C@@H](c1ccccc1)[NH+]1CCC[C@H](C(N)=O)C1. The van der Waals surface area contributed by atoms with Crippen molar-refractivity contribution < 1.29 is 14.5 Å². The second kappa shape index (κ2) is 8.11. The van der Waals surface area contributed by atoms with Gasteiger partial charge in [-0.2, -0.15) is 0 Å². The highest BCUT2D eigenvalue weighted by Crippen LogP contribution is 2.16. The van der Waals surface area contributed by atoms with Gasteiger partial charge in [-0.3, -0.25) is 9.59 Å². The topological polar surface area (TPSA) is 67.8 Å². The molecule has 1 aliphatic rings. The summed E-state index contributed by atoms with van der Waals surface area (Å²) in [6.07, 6.45) is 1.76. The largest absolute Gasteiger partial charge is 0.369 e. The minimum absolute atomic E-state index is 0.130. The molecule has 0 saturated carbocycles. The van der Waals surface area contributed by atoms with Crippen LogP contribution in [-0.2, 0) is 9.59 Å². The van der Waals surface area contributed by atoms with E-state index in [1.165, 1.54) is 0 Å². The van der Waals surface area contributed by atoms with E-state index < -0.39 is 0 Å². The predicted octanol–water partition coefficient (Wildman–Crippen LogP) is 0.376. The van der Waals surface area contributed by atoms with E-state index in [0.717, 1.165) is 29.8 Å². The first-order valence-corrected chi connectivity index (χ1v) is 8.56. The number of benzene rings is 1. The van der Waals surface area contributed by atoms with Crippen LogP contribution in [0.5, 0.6) is 0 Å². The Kier molecular flexibility index (Phi) is 6.16. The molecule has 1 aliphatic heterocycles. The van der Waals surface area contributed by atoms with Gasteiger partial charge >= 0.3 is 0 Å². The molecule has 2 rings (SSSR count).